The first-order valence-corrected chi connectivity index (χ1v) is 6.54. The maximum Gasteiger partial charge on any atom is 0.0911 e. The zero-order chi connectivity index (χ0) is 13.1. The highest BCUT2D eigenvalue weighted by atomic mass is 16.3. The summed E-state index contributed by atoms with van der Waals surface area (Å²) in [6.07, 6.45) is 2.51. The summed E-state index contributed by atoms with van der Waals surface area (Å²) in [5, 5.41) is 14.2. The van der Waals surface area contributed by atoms with Crippen molar-refractivity contribution in [2.24, 2.45) is 0 Å². The molecule has 1 atom stereocenters. The molecule has 0 aliphatic carbocycles. The lowest BCUT2D eigenvalue weighted by molar-refractivity contribution is 0.189. The van der Waals surface area contributed by atoms with Crippen LogP contribution in [0.5, 0.6) is 0 Å². The van der Waals surface area contributed by atoms with E-state index in [1.165, 1.54) is 5.69 Å². The van der Waals surface area contributed by atoms with Crippen molar-refractivity contribution in [2.75, 3.05) is 0 Å². The molecule has 0 bridgehead atoms. The Morgan fingerprint density at radius 2 is 2.17 bits per heavy atom. The van der Waals surface area contributed by atoms with Crippen LogP contribution in [0.1, 0.15) is 44.0 Å². The Morgan fingerprint density at radius 1 is 1.39 bits per heavy atom. The van der Waals surface area contributed by atoms with Gasteiger partial charge in [0.05, 0.1) is 24.0 Å². The number of nitrogens with zero attached hydrogens (tertiary/aromatic N) is 3. The summed E-state index contributed by atoms with van der Waals surface area (Å²) < 4.78 is 4.11. The van der Waals surface area contributed by atoms with E-state index >= 15 is 0 Å². The first kappa shape index (κ1) is 12.9. The lowest BCUT2D eigenvalue weighted by Gasteiger charge is -2.12. The van der Waals surface area contributed by atoms with Gasteiger partial charge in [0.15, 0.2) is 0 Å². The highest BCUT2D eigenvalue weighted by Gasteiger charge is 2.10. The fraction of sp³-hybridized carbons (Fsp3) is 0.500. The van der Waals surface area contributed by atoms with Crippen LogP contribution in [-0.2, 0) is 19.5 Å². The number of aliphatic hydroxyl groups excluding tert-OH is 1. The van der Waals surface area contributed by atoms with Gasteiger partial charge in [-0.3, -0.25) is 4.68 Å². The second-order valence-electron chi connectivity index (χ2n) is 4.53. The molecular weight excluding hydrogens is 226 g/mol. The lowest BCUT2D eigenvalue weighted by atomic mass is 10.2. The minimum Gasteiger partial charge on any atom is -0.387 e. The fourth-order valence-electron chi connectivity index (χ4n) is 2.21. The van der Waals surface area contributed by atoms with Gasteiger partial charge in [0.25, 0.3) is 0 Å². The van der Waals surface area contributed by atoms with E-state index < -0.39 is 6.10 Å². The summed E-state index contributed by atoms with van der Waals surface area (Å²) in [6, 6.07) is 6.07. The summed E-state index contributed by atoms with van der Waals surface area (Å²) in [7, 11) is 0. The van der Waals surface area contributed by atoms with Crippen molar-refractivity contribution < 1.29 is 5.11 Å². The normalized spacial score (nSPS) is 12.9. The largest absolute Gasteiger partial charge is 0.387 e. The number of hydrogen-bond donors (Lipinski definition) is 1. The predicted octanol–water partition coefficient (Wildman–Crippen LogP) is 2.37. The highest BCUT2D eigenvalue weighted by Crippen LogP contribution is 2.15. The van der Waals surface area contributed by atoms with Crippen LogP contribution in [0.3, 0.4) is 0 Å². The van der Waals surface area contributed by atoms with Gasteiger partial charge >= 0.3 is 0 Å². The number of rotatable bonds is 5. The van der Waals surface area contributed by atoms with E-state index in [4.69, 9.17) is 0 Å². The third-order valence-corrected chi connectivity index (χ3v) is 3.20. The molecule has 1 N–H and O–H groups in total. The van der Waals surface area contributed by atoms with Crippen molar-refractivity contribution in [3.05, 3.63) is 41.5 Å². The van der Waals surface area contributed by atoms with Crippen LogP contribution in [0.25, 0.3) is 0 Å². The van der Waals surface area contributed by atoms with Crippen LogP contribution in [0.2, 0.25) is 0 Å². The molecule has 2 aromatic heterocycles. The second kappa shape index (κ2) is 5.40. The van der Waals surface area contributed by atoms with Gasteiger partial charge in [-0.25, -0.2) is 0 Å². The molecule has 0 radical (unpaired) electrons. The molecule has 1 unspecified atom stereocenters. The van der Waals surface area contributed by atoms with E-state index in [1.54, 1.807) is 6.92 Å². The molecule has 98 valence electrons. The van der Waals surface area contributed by atoms with Gasteiger partial charge in [0, 0.05) is 18.4 Å². The Morgan fingerprint density at radius 3 is 2.78 bits per heavy atom. The Balaban J connectivity index is 2.27. The van der Waals surface area contributed by atoms with Crippen LogP contribution < -0.4 is 0 Å². The van der Waals surface area contributed by atoms with Gasteiger partial charge in [-0.05, 0) is 38.5 Å². The molecular formula is C14H21N3O. The average Bonchev–Trinajstić information content (AvgIpc) is 2.95. The minimum absolute atomic E-state index is 0.441. The fourth-order valence-corrected chi connectivity index (χ4v) is 2.21. The zero-order valence-corrected chi connectivity index (χ0v) is 11.3. The van der Waals surface area contributed by atoms with Gasteiger partial charge in [-0.15, -0.1) is 0 Å². The molecule has 0 fully saturated rings. The molecule has 0 spiro atoms. The molecule has 18 heavy (non-hydrogen) atoms. The summed E-state index contributed by atoms with van der Waals surface area (Å²) in [5.74, 6) is 0. The molecule has 0 saturated carbocycles. The molecule has 4 nitrogen and oxygen atoms in total. The van der Waals surface area contributed by atoms with E-state index in [2.05, 4.69) is 29.6 Å². The number of aryl methyl sites for hydroxylation is 2. The third-order valence-electron chi connectivity index (χ3n) is 3.20. The van der Waals surface area contributed by atoms with Crippen molar-refractivity contribution in [3.8, 4) is 0 Å². The molecule has 2 heterocycles. The molecule has 0 amide bonds. The third kappa shape index (κ3) is 2.48. The molecule has 4 heteroatoms. The van der Waals surface area contributed by atoms with Crippen molar-refractivity contribution in [2.45, 2.75) is 46.4 Å². The van der Waals surface area contributed by atoms with Gasteiger partial charge < -0.3 is 9.67 Å². The van der Waals surface area contributed by atoms with Gasteiger partial charge in [-0.1, -0.05) is 6.92 Å². The second-order valence-corrected chi connectivity index (χ2v) is 4.53. The Hall–Kier alpha value is -1.55. The van der Waals surface area contributed by atoms with Gasteiger partial charge in [-0.2, -0.15) is 5.10 Å². The Kier molecular flexibility index (Phi) is 3.87. The maximum atomic E-state index is 9.71. The Labute approximate surface area is 108 Å². The standard InChI is InChI=1S/C14H21N3O/c1-4-12-9-13(17(5-2)15-12)10-16-8-6-7-14(16)11(3)18/h6-9,11,18H,4-5,10H2,1-3H3. The summed E-state index contributed by atoms with van der Waals surface area (Å²) in [5.41, 5.74) is 3.25. The van der Waals surface area contributed by atoms with Crippen LogP contribution in [0.4, 0.5) is 0 Å². The molecule has 0 aromatic carbocycles. The van der Waals surface area contributed by atoms with E-state index in [-0.39, 0.29) is 0 Å². The maximum absolute atomic E-state index is 9.71. The van der Waals surface area contributed by atoms with E-state index in [1.807, 2.05) is 23.0 Å². The van der Waals surface area contributed by atoms with Crippen molar-refractivity contribution in [1.29, 1.82) is 0 Å². The monoisotopic (exact) mass is 247 g/mol. The summed E-state index contributed by atoms with van der Waals surface area (Å²) >= 11 is 0. The lowest BCUT2D eigenvalue weighted by Crippen LogP contribution is -2.10. The van der Waals surface area contributed by atoms with Crippen LogP contribution >= 0.6 is 0 Å². The van der Waals surface area contributed by atoms with Crippen molar-refractivity contribution in [1.82, 2.24) is 14.3 Å². The zero-order valence-electron chi connectivity index (χ0n) is 11.3. The van der Waals surface area contributed by atoms with Crippen molar-refractivity contribution >= 4 is 0 Å². The van der Waals surface area contributed by atoms with E-state index in [9.17, 15) is 5.11 Å². The minimum atomic E-state index is -0.441. The summed E-state index contributed by atoms with van der Waals surface area (Å²) in [4.78, 5) is 0. The smallest absolute Gasteiger partial charge is 0.0911 e. The Bertz CT molecular complexity index is 511. The molecule has 0 aliphatic heterocycles. The summed E-state index contributed by atoms with van der Waals surface area (Å²) in [6.45, 7) is 7.64. The molecule has 2 rings (SSSR count). The van der Waals surface area contributed by atoms with Gasteiger partial charge in [0.1, 0.15) is 0 Å². The predicted molar refractivity (Wildman–Crippen MR) is 71.4 cm³/mol. The van der Waals surface area contributed by atoms with Crippen LogP contribution in [0.15, 0.2) is 24.4 Å². The number of aliphatic hydroxyl groups is 1. The molecule has 0 saturated heterocycles. The molecule has 0 aliphatic rings. The number of hydrogen-bond acceptors (Lipinski definition) is 2. The first-order chi connectivity index (χ1) is 8.65. The highest BCUT2D eigenvalue weighted by molar-refractivity contribution is 5.15. The number of aromatic nitrogens is 3. The van der Waals surface area contributed by atoms with Crippen LogP contribution in [0, 0.1) is 0 Å². The quantitative estimate of drug-likeness (QED) is 0.881. The van der Waals surface area contributed by atoms with E-state index in [0.29, 0.717) is 0 Å². The SMILES string of the molecule is CCc1cc(Cn2cccc2C(C)O)n(CC)n1. The van der Waals surface area contributed by atoms with Crippen LogP contribution in [-0.4, -0.2) is 19.5 Å². The average molecular weight is 247 g/mol. The molecule has 2 aromatic rings. The van der Waals surface area contributed by atoms with Gasteiger partial charge in [0.2, 0.25) is 0 Å². The first-order valence-electron chi connectivity index (χ1n) is 6.54. The van der Waals surface area contributed by atoms with Crippen molar-refractivity contribution in [3.63, 3.8) is 0 Å². The van der Waals surface area contributed by atoms with E-state index in [0.717, 1.165) is 30.9 Å². The topological polar surface area (TPSA) is 43.0 Å².